The number of aliphatic hydroxyl groups is 1. The topological polar surface area (TPSA) is 33.1 Å². The van der Waals surface area contributed by atoms with Crippen molar-refractivity contribution >= 4 is 27.3 Å². The molecule has 1 aromatic rings. The third-order valence-electron chi connectivity index (χ3n) is 1.04. The number of rotatable bonds is 1. The molecular formula is C5H3BrF3NOS. The molecule has 0 saturated heterocycles. The maximum absolute atomic E-state index is 11.8. The quantitative estimate of drug-likeness (QED) is 0.843. The second-order valence-electron chi connectivity index (χ2n) is 1.95. The zero-order valence-electron chi connectivity index (χ0n) is 5.47. The SMILES string of the molecule is OC(c1ncc(Br)s1)C(F)(F)F. The van der Waals surface area contributed by atoms with Crippen LogP contribution in [0.1, 0.15) is 11.1 Å². The Balaban J connectivity index is 2.85. The van der Waals surface area contributed by atoms with Crippen LogP contribution in [0.2, 0.25) is 0 Å². The average molecular weight is 262 g/mol. The second kappa shape index (κ2) is 3.31. The van der Waals surface area contributed by atoms with Crippen molar-refractivity contribution < 1.29 is 18.3 Å². The minimum atomic E-state index is -4.64. The van der Waals surface area contributed by atoms with Crippen LogP contribution >= 0.6 is 27.3 Å². The van der Waals surface area contributed by atoms with Crippen molar-refractivity contribution in [3.05, 3.63) is 15.0 Å². The lowest BCUT2D eigenvalue weighted by Gasteiger charge is -2.10. The number of nitrogens with zero attached hydrogens (tertiary/aromatic N) is 1. The summed E-state index contributed by atoms with van der Waals surface area (Å²) in [6.45, 7) is 0. The number of aromatic nitrogens is 1. The van der Waals surface area contributed by atoms with Crippen molar-refractivity contribution in [2.75, 3.05) is 0 Å². The van der Waals surface area contributed by atoms with Gasteiger partial charge in [-0.3, -0.25) is 0 Å². The Bertz CT molecular complexity index is 274. The van der Waals surface area contributed by atoms with Gasteiger partial charge in [-0.2, -0.15) is 13.2 Å². The standard InChI is InChI=1S/C5H3BrF3NOS/c6-2-1-10-4(12-2)3(11)5(7,8)9/h1,3,11H. The number of aliphatic hydroxyl groups excluding tert-OH is 1. The van der Waals surface area contributed by atoms with Crippen molar-refractivity contribution in [2.24, 2.45) is 0 Å². The highest BCUT2D eigenvalue weighted by molar-refractivity contribution is 9.11. The molecule has 0 bridgehead atoms. The van der Waals surface area contributed by atoms with E-state index in [1.165, 1.54) is 6.20 Å². The first-order valence-corrected chi connectivity index (χ1v) is 4.38. The van der Waals surface area contributed by atoms with Crippen LogP contribution in [0.5, 0.6) is 0 Å². The van der Waals surface area contributed by atoms with E-state index in [-0.39, 0.29) is 5.01 Å². The molecule has 0 saturated carbocycles. The van der Waals surface area contributed by atoms with E-state index in [9.17, 15) is 13.2 Å². The summed E-state index contributed by atoms with van der Waals surface area (Å²) in [5.41, 5.74) is 0. The van der Waals surface area contributed by atoms with Crippen LogP contribution in [0.25, 0.3) is 0 Å². The summed E-state index contributed by atoms with van der Waals surface area (Å²) in [7, 11) is 0. The highest BCUT2D eigenvalue weighted by Gasteiger charge is 2.41. The smallest absolute Gasteiger partial charge is 0.377 e. The highest BCUT2D eigenvalue weighted by Crippen LogP contribution is 2.35. The maximum Gasteiger partial charge on any atom is 0.420 e. The Morgan fingerprint density at radius 3 is 2.50 bits per heavy atom. The molecule has 0 aliphatic carbocycles. The van der Waals surface area contributed by atoms with E-state index < -0.39 is 12.3 Å². The van der Waals surface area contributed by atoms with E-state index in [2.05, 4.69) is 20.9 Å². The van der Waals surface area contributed by atoms with Crippen LogP contribution in [-0.4, -0.2) is 16.3 Å². The first-order chi connectivity index (χ1) is 5.41. The van der Waals surface area contributed by atoms with Crippen molar-refractivity contribution in [3.8, 4) is 0 Å². The van der Waals surface area contributed by atoms with Gasteiger partial charge in [-0.15, -0.1) is 11.3 Å². The molecule has 0 amide bonds. The normalized spacial score (nSPS) is 14.8. The lowest BCUT2D eigenvalue weighted by molar-refractivity contribution is -0.206. The zero-order valence-corrected chi connectivity index (χ0v) is 7.87. The molecule has 0 radical (unpaired) electrons. The summed E-state index contributed by atoms with van der Waals surface area (Å²) >= 11 is 3.70. The van der Waals surface area contributed by atoms with Crippen molar-refractivity contribution in [1.82, 2.24) is 4.98 Å². The highest BCUT2D eigenvalue weighted by atomic mass is 79.9. The number of halogens is 4. The molecule has 1 rings (SSSR count). The van der Waals surface area contributed by atoms with E-state index in [4.69, 9.17) is 5.11 Å². The number of hydrogen-bond donors (Lipinski definition) is 1. The fourth-order valence-electron chi connectivity index (χ4n) is 0.533. The second-order valence-corrected chi connectivity index (χ2v) is 4.39. The molecule has 0 spiro atoms. The van der Waals surface area contributed by atoms with Crippen LogP contribution in [0.3, 0.4) is 0 Å². The lowest BCUT2D eigenvalue weighted by atomic mass is 10.4. The van der Waals surface area contributed by atoms with Gasteiger partial charge in [0.1, 0.15) is 5.01 Å². The molecule has 1 aromatic heterocycles. The molecule has 0 aliphatic heterocycles. The Morgan fingerprint density at radius 2 is 2.17 bits per heavy atom. The summed E-state index contributed by atoms with van der Waals surface area (Å²) in [5.74, 6) is 0. The van der Waals surface area contributed by atoms with Gasteiger partial charge in [0.05, 0.1) is 9.98 Å². The van der Waals surface area contributed by atoms with Gasteiger partial charge < -0.3 is 5.11 Å². The summed E-state index contributed by atoms with van der Waals surface area (Å²) in [6, 6.07) is 0. The van der Waals surface area contributed by atoms with Gasteiger partial charge in [-0.1, -0.05) is 0 Å². The Morgan fingerprint density at radius 1 is 1.58 bits per heavy atom. The van der Waals surface area contributed by atoms with Gasteiger partial charge in [0.15, 0.2) is 0 Å². The summed E-state index contributed by atoms with van der Waals surface area (Å²) in [4.78, 5) is 3.38. The fourth-order valence-corrected chi connectivity index (χ4v) is 1.79. The van der Waals surface area contributed by atoms with Gasteiger partial charge in [0.2, 0.25) is 6.10 Å². The van der Waals surface area contributed by atoms with Crippen LogP contribution in [0.4, 0.5) is 13.2 Å². The molecule has 0 aromatic carbocycles. The molecule has 1 N–H and O–H groups in total. The van der Waals surface area contributed by atoms with E-state index in [1.807, 2.05) is 0 Å². The summed E-state index contributed by atoms with van der Waals surface area (Å²) in [6.07, 6.45) is -5.90. The third-order valence-corrected chi connectivity index (χ3v) is 2.57. The van der Waals surface area contributed by atoms with Crippen LogP contribution < -0.4 is 0 Å². The molecular weight excluding hydrogens is 259 g/mol. The molecule has 2 nitrogen and oxygen atoms in total. The predicted molar refractivity (Wildman–Crippen MR) is 40.8 cm³/mol. The van der Waals surface area contributed by atoms with Gasteiger partial charge in [-0.05, 0) is 15.9 Å². The maximum atomic E-state index is 11.8. The van der Waals surface area contributed by atoms with Crippen LogP contribution in [0.15, 0.2) is 9.98 Å². The number of thiazole rings is 1. The molecule has 0 aliphatic rings. The average Bonchev–Trinajstić information content (AvgIpc) is 2.32. The summed E-state index contributed by atoms with van der Waals surface area (Å²) < 4.78 is 36.0. The monoisotopic (exact) mass is 261 g/mol. The zero-order chi connectivity index (χ0) is 9.35. The van der Waals surface area contributed by atoms with E-state index in [0.29, 0.717) is 3.79 Å². The Labute approximate surface area is 78.2 Å². The molecule has 1 unspecified atom stereocenters. The Hall–Kier alpha value is -0.140. The van der Waals surface area contributed by atoms with Crippen molar-refractivity contribution in [1.29, 1.82) is 0 Å². The number of hydrogen-bond acceptors (Lipinski definition) is 3. The molecule has 1 atom stereocenters. The lowest BCUT2D eigenvalue weighted by Crippen LogP contribution is -2.19. The molecule has 1 heterocycles. The minimum absolute atomic E-state index is 0.352. The Kier molecular flexibility index (Phi) is 2.74. The van der Waals surface area contributed by atoms with Crippen LogP contribution in [-0.2, 0) is 0 Å². The third kappa shape index (κ3) is 2.18. The van der Waals surface area contributed by atoms with Crippen LogP contribution in [0, 0.1) is 0 Å². The van der Waals surface area contributed by atoms with Gasteiger partial charge in [-0.25, -0.2) is 4.98 Å². The first-order valence-electron chi connectivity index (χ1n) is 2.77. The largest absolute Gasteiger partial charge is 0.420 e. The molecule has 0 fully saturated rings. The van der Waals surface area contributed by atoms with Gasteiger partial charge in [0.25, 0.3) is 0 Å². The number of alkyl halides is 3. The predicted octanol–water partition coefficient (Wildman–Crippen LogP) is 2.50. The van der Waals surface area contributed by atoms with Crippen molar-refractivity contribution in [3.63, 3.8) is 0 Å². The van der Waals surface area contributed by atoms with E-state index >= 15 is 0 Å². The molecule has 7 heteroatoms. The molecule has 12 heavy (non-hydrogen) atoms. The fraction of sp³-hybridized carbons (Fsp3) is 0.400. The summed E-state index contributed by atoms with van der Waals surface area (Å²) in [5, 5.41) is 8.32. The van der Waals surface area contributed by atoms with Gasteiger partial charge >= 0.3 is 6.18 Å². The van der Waals surface area contributed by atoms with Crippen molar-refractivity contribution in [2.45, 2.75) is 12.3 Å². The molecule has 68 valence electrons. The van der Waals surface area contributed by atoms with E-state index in [0.717, 1.165) is 11.3 Å². The van der Waals surface area contributed by atoms with Gasteiger partial charge in [0, 0.05) is 0 Å². The van der Waals surface area contributed by atoms with E-state index in [1.54, 1.807) is 0 Å². The minimum Gasteiger partial charge on any atom is -0.377 e. The first kappa shape index (κ1) is 9.94.